The van der Waals surface area contributed by atoms with Crippen molar-refractivity contribution in [2.75, 3.05) is 20.8 Å². The average molecular weight is 174 g/mol. The fourth-order valence-electron chi connectivity index (χ4n) is 0.984. The predicted molar refractivity (Wildman–Crippen MR) is 47.8 cm³/mol. The number of aliphatic hydroxyl groups excluding tert-OH is 1. The lowest BCUT2D eigenvalue weighted by molar-refractivity contribution is -0.125. The molecular formula is C9H18O3. The third-order valence-corrected chi connectivity index (χ3v) is 1.70. The van der Waals surface area contributed by atoms with Gasteiger partial charge in [0.1, 0.15) is 0 Å². The van der Waals surface area contributed by atoms with E-state index in [4.69, 9.17) is 9.47 Å². The molecule has 12 heavy (non-hydrogen) atoms. The third kappa shape index (κ3) is 4.49. The molecule has 72 valence electrons. The van der Waals surface area contributed by atoms with Crippen molar-refractivity contribution in [2.24, 2.45) is 5.92 Å². The summed E-state index contributed by atoms with van der Waals surface area (Å²) in [5.74, 6) is 0.0243. The summed E-state index contributed by atoms with van der Waals surface area (Å²) in [7, 11) is 3.11. The maximum Gasteiger partial charge on any atom is 0.159 e. The third-order valence-electron chi connectivity index (χ3n) is 1.70. The first-order valence-corrected chi connectivity index (χ1v) is 4.07. The summed E-state index contributed by atoms with van der Waals surface area (Å²) in [5, 5.41) is 9.34. The quantitative estimate of drug-likeness (QED) is 0.485. The standard InChI is InChI=1S/C9H18O3/c1-4-5-6-8(7-11-2)9(10)12-3/h4-5,8-10H,6-7H2,1-3H3. The van der Waals surface area contributed by atoms with Crippen LogP contribution in [0.4, 0.5) is 0 Å². The summed E-state index contributed by atoms with van der Waals surface area (Å²) in [6.45, 7) is 2.46. The van der Waals surface area contributed by atoms with Crippen LogP contribution in [-0.2, 0) is 9.47 Å². The second-order valence-electron chi connectivity index (χ2n) is 2.65. The normalized spacial score (nSPS) is 16.7. The molecule has 0 saturated carbocycles. The van der Waals surface area contributed by atoms with Crippen molar-refractivity contribution in [3.8, 4) is 0 Å². The molecule has 1 N–H and O–H groups in total. The van der Waals surface area contributed by atoms with E-state index in [2.05, 4.69) is 0 Å². The Morgan fingerprint density at radius 2 is 2.08 bits per heavy atom. The molecule has 0 rings (SSSR count). The Kier molecular flexibility index (Phi) is 7.05. The van der Waals surface area contributed by atoms with E-state index in [1.165, 1.54) is 7.11 Å². The van der Waals surface area contributed by atoms with Crippen molar-refractivity contribution in [1.82, 2.24) is 0 Å². The van der Waals surface area contributed by atoms with E-state index in [9.17, 15) is 5.11 Å². The van der Waals surface area contributed by atoms with Gasteiger partial charge in [0.05, 0.1) is 6.61 Å². The number of methoxy groups -OCH3 is 2. The molecule has 0 radical (unpaired) electrons. The highest BCUT2D eigenvalue weighted by Gasteiger charge is 2.16. The Hall–Kier alpha value is -0.380. The molecule has 0 amide bonds. The lowest BCUT2D eigenvalue weighted by atomic mass is 10.1. The van der Waals surface area contributed by atoms with Crippen LogP contribution in [0, 0.1) is 5.92 Å². The average Bonchev–Trinajstić information content (AvgIpc) is 2.11. The van der Waals surface area contributed by atoms with Gasteiger partial charge in [-0.3, -0.25) is 0 Å². The summed E-state index contributed by atoms with van der Waals surface area (Å²) in [5.41, 5.74) is 0. The Balaban J connectivity index is 3.84. The topological polar surface area (TPSA) is 38.7 Å². The van der Waals surface area contributed by atoms with Gasteiger partial charge in [0.25, 0.3) is 0 Å². The first-order valence-electron chi connectivity index (χ1n) is 4.07. The predicted octanol–water partition coefficient (Wildman–Crippen LogP) is 1.18. The van der Waals surface area contributed by atoms with Crippen molar-refractivity contribution in [2.45, 2.75) is 19.6 Å². The Bertz CT molecular complexity index is 123. The Morgan fingerprint density at radius 1 is 1.42 bits per heavy atom. The maximum absolute atomic E-state index is 9.34. The molecule has 0 spiro atoms. The highest BCUT2D eigenvalue weighted by atomic mass is 16.6. The van der Waals surface area contributed by atoms with Gasteiger partial charge in [-0.15, -0.1) is 0 Å². The van der Waals surface area contributed by atoms with Gasteiger partial charge in [0.2, 0.25) is 0 Å². The summed E-state index contributed by atoms with van der Waals surface area (Å²) < 4.78 is 9.75. The van der Waals surface area contributed by atoms with Gasteiger partial charge < -0.3 is 14.6 Å². The van der Waals surface area contributed by atoms with E-state index < -0.39 is 6.29 Å². The van der Waals surface area contributed by atoms with E-state index in [-0.39, 0.29) is 5.92 Å². The minimum Gasteiger partial charge on any atom is -0.384 e. The molecule has 0 aromatic carbocycles. The molecule has 3 heteroatoms. The van der Waals surface area contributed by atoms with Gasteiger partial charge in [0, 0.05) is 20.1 Å². The zero-order valence-corrected chi connectivity index (χ0v) is 7.99. The van der Waals surface area contributed by atoms with E-state index in [0.717, 1.165) is 6.42 Å². The lowest BCUT2D eigenvalue weighted by Crippen LogP contribution is -2.25. The van der Waals surface area contributed by atoms with Gasteiger partial charge >= 0.3 is 0 Å². The van der Waals surface area contributed by atoms with Crippen LogP contribution >= 0.6 is 0 Å². The first kappa shape index (κ1) is 11.6. The molecule has 0 aliphatic carbocycles. The molecule has 0 aliphatic rings. The molecular weight excluding hydrogens is 156 g/mol. The van der Waals surface area contributed by atoms with E-state index in [1.807, 2.05) is 19.1 Å². The first-order chi connectivity index (χ1) is 5.76. The number of hydrogen-bond donors (Lipinski definition) is 1. The molecule has 3 nitrogen and oxygen atoms in total. The largest absolute Gasteiger partial charge is 0.384 e. The van der Waals surface area contributed by atoms with Gasteiger partial charge in [-0.25, -0.2) is 0 Å². The second kappa shape index (κ2) is 7.28. The number of hydrogen-bond acceptors (Lipinski definition) is 3. The monoisotopic (exact) mass is 174 g/mol. The Labute approximate surface area is 74.0 Å². The molecule has 0 aromatic heterocycles. The van der Waals surface area contributed by atoms with Crippen LogP contribution in [0.25, 0.3) is 0 Å². The lowest BCUT2D eigenvalue weighted by Gasteiger charge is -2.19. The molecule has 0 heterocycles. The number of rotatable bonds is 6. The van der Waals surface area contributed by atoms with Crippen LogP contribution in [-0.4, -0.2) is 32.2 Å². The van der Waals surface area contributed by atoms with E-state index in [1.54, 1.807) is 7.11 Å². The Morgan fingerprint density at radius 3 is 2.50 bits per heavy atom. The fraction of sp³-hybridized carbons (Fsp3) is 0.778. The highest BCUT2D eigenvalue weighted by Crippen LogP contribution is 2.10. The van der Waals surface area contributed by atoms with Gasteiger partial charge in [-0.2, -0.15) is 0 Å². The second-order valence-corrected chi connectivity index (χ2v) is 2.65. The van der Waals surface area contributed by atoms with Crippen molar-refractivity contribution in [3.05, 3.63) is 12.2 Å². The maximum atomic E-state index is 9.34. The van der Waals surface area contributed by atoms with Crippen molar-refractivity contribution in [3.63, 3.8) is 0 Å². The van der Waals surface area contributed by atoms with Crippen LogP contribution in [0.15, 0.2) is 12.2 Å². The zero-order chi connectivity index (χ0) is 9.40. The van der Waals surface area contributed by atoms with Crippen molar-refractivity contribution >= 4 is 0 Å². The summed E-state index contributed by atoms with van der Waals surface area (Å²) >= 11 is 0. The van der Waals surface area contributed by atoms with Crippen LogP contribution in [0.5, 0.6) is 0 Å². The molecule has 0 fully saturated rings. The van der Waals surface area contributed by atoms with Gasteiger partial charge in [-0.05, 0) is 13.3 Å². The van der Waals surface area contributed by atoms with Gasteiger partial charge in [-0.1, -0.05) is 12.2 Å². The number of aliphatic hydroxyl groups is 1. The minimum atomic E-state index is -0.735. The summed E-state index contributed by atoms with van der Waals surface area (Å²) in [4.78, 5) is 0. The summed E-state index contributed by atoms with van der Waals surface area (Å²) in [6.07, 6.45) is 3.98. The molecule has 0 aromatic rings. The van der Waals surface area contributed by atoms with Crippen LogP contribution in [0.1, 0.15) is 13.3 Å². The highest BCUT2D eigenvalue weighted by molar-refractivity contribution is 4.81. The SMILES string of the molecule is CC=CCC(COC)C(O)OC. The molecule has 2 atom stereocenters. The molecule has 0 saturated heterocycles. The zero-order valence-electron chi connectivity index (χ0n) is 7.99. The van der Waals surface area contributed by atoms with Crippen molar-refractivity contribution < 1.29 is 14.6 Å². The molecule has 0 aliphatic heterocycles. The van der Waals surface area contributed by atoms with Crippen LogP contribution in [0.3, 0.4) is 0 Å². The van der Waals surface area contributed by atoms with Crippen molar-refractivity contribution in [1.29, 1.82) is 0 Å². The van der Waals surface area contributed by atoms with E-state index in [0.29, 0.717) is 6.61 Å². The van der Waals surface area contributed by atoms with Crippen LogP contribution in [0.2, 0.25) is 0 Å². The van der Waals surface area contributed by atoms with Gasteiger partial charge in [0.15, 0.2) is 6.29 Å². The molecule has 2 unspecified atom stereocenters. The van der Waals surface area contributed by atoms with E-state index >= 15 is 0 Å². The smallest absolute Gasteiger partial charge is 0.159 e. The fourth-order valence-corrected chi connectivity index (χ4v) is 0.984. The number of ether oxygens (including phenoxy) is 2. The number of allylic oxidation sites excluding steroid dienone is 2. The minimum absolute atomic E-state index is 0.0243. The van der Waals surface area contributed by atoms with Crippen LogP contribution < -0.4 is 0 Å². The summed E-state index contributed by atoms with van der Waals surface area (Å²) in [6, 6.07) is 0. The molecule has 0 bridgehead atoms.